The average molecular weight is 215 g/mol. The molecule has 16 heavy (non-hydrogen) atoms. The first-order chi connectivity index (χ1) is 7.50. The van der Waals surface area contributed by atoms with Gasteiger partial charge in [-0.2, -0.15) is 0 Å². The molecule has 0 saturated heterocycles. The number of hydrogen-bond acceptors (Lipinski definition) is 2. The fourth-order valence-corrected chi connectivity index (χ4v) is 1.92. The van der Waals surface area contributed by atoms with Crippen LogP contribution in [0.2, 0.25) is 0 Å². The smallest absolute Gasteiger partial charge is 0.226 e. The van der Waals surface area contributed by atoms with Crippen LogP contribution in [0.4, 0.5) is 0 Å². The lowest BCUT2D eigenvalue weighted by Crippen LogP contribution is -2.13. The first-order valence-corrected chi connectivity index (χ1v) is 5.50. The zero-order valence-electron chi connectivity index (χ0n) is 10.2. The lowest BCUT2D eigenvalue weighted by atomic mass is 9.82. The third-order valence-electron chi connectivity index (χ3n) is 2.73. The normalized spacial score (nSPS) is 11.8. The first-order valence-electron chi connectivity index (χ1n) is 5.50. The van der Waals surface area contributed by atoms with Gasteiger partial charge < -0.3 is 4.42 Å². The van der Waals surface area contributed by atoms with E-state index >= 15 is 0 Å². The maximum atomic E-state index is 5.43. The van der Waals surface area contributed by atoms with E-state index in [4.69, 9.17) is 4.42 Å². The summed E-state index contributed by atoms with van der Waals surface area (Å²) in [7, 11) is 0. The molecule has 2 heteroatoms. The second-order valence-corrected chi connectivity index (χ2v) is 5.08. The summed E-state index contributed by atoms with van der Waals surface area (Å²) in [6.45, 7) is 8.70. The Labute approximate surface area is 96.3 Å². The molecule has 2 aromatic rings. The molecular weight excluding hydrogens is 198 g/mol. The lowest BCUT2D eigenvalue weighted by molar-refractivity contribution is 0.559. The van der Waals surface area contributed by atoms with E-state index in [2.05, 4.69) is 50.9 Å². The molecule has 0 spiro atoms. The zero-order valence-corrected chi connectivity index (χ0v) is 10.2. The van der Waals surface area contributed by atoms with Crippen LogP contribution in [0.3, 0.4) is 0 Å². The number of rotatable bonds is 1. The third-order valence-corrected chi connectivity index (χ3v) is 2.73. The number of aryl methyl sites for hydroxylation is 1. The van der Waals surface area contributed by atoms with Gasteiger partial charge in [-0.05, 0) is 23.5 Å². The van der Waals surface area contributed by atoms with Crippen LogP contribution in [-0.2, 0) is 5.41 Å². The standard InChI is InChI=1S/C14H17NO/c1-10-6-5-7-11(14(2,3)4)12(10)13-15-8-9-16-13/h5-9H,1-4H3. The molecule has 2 nitrogen and oxygen atoms in total. The van der Waals surface area contributed by atoms with Crippen molar-refractivity contribution >= 4 is 0 Å². The van der Waals surface area contributed by atoms with Gasteiger partial charge in [-0.1, -0.05) is 39.0 Å². The molecule has 0 unspecified atom stereocenters. The summed E-state index contributed by atoms with van der Waals surface area (Å²) in [6.07, 6.45) is 3.31. The average Bonchev–Trinajstić information content (AvgIpc) is 2.68. The quantitative estimate of drug-likeness (QED) is 0.720. The summed E-state index contributed by atoms with van der Waals surface area (Å²) >= 11 is 0. The highest BCUT2D eigenvalue weighted by molar-refractivity contribution is 5.65. The summed E-state index contributed by atoms with van der Waals surface area (Å²) in [5.74, 6) is 0.711. The van der Waals surface area contributed by atoms with Crippen LogP contribution in [-0.4, -0.2) is 4.98 Å². The summed E-state index contributed by atoms with van der Waals surface area (Å²) in [4.78, 5) is 4.25. The second-order valence-electron chi connectivity index (χ2n) is 5.08. The number of aromatic nitrogens is 1. The SMILES string of the molecule is Cc1cccc(C(C)(C)C)c1-c1ncco1. The molecule has 0 amide bonds. The fourth-order valence-electron chi connectivity index (χ4n) is 1.92. The van der Waals surface area contributed by atoms with E-state index in [1.165, 1.54) is 11.1 Å². The minimum Gasteiger partial charge on any atom is -0.445 e. The third kappa shape index (κ3) is 1.87. The van der Waals surface area contributed by atoms with E-state index in [1.54, 1.807) is 12.5 Å². The van der Waals surface area contributed by atoms with Gasteiger partial charge in [0.15, 0.2) is 0 Å². The molecule has 0 aliphatic carbocycles. The van der Waals surface area contributed by atoms with Crippen LogP contribution < -0.4 is 0 Å². The van der Waals surface area contributed by atoms with Crippen LogP contribution >= 0.6 is 0 Å². The maximum absolute atomic E-state index is 5.43. The highest BCUT2D eigenvalue weighted by Gasteiger charge is 2.21. The zero-order chi connectivity index (χ0) is 11.8. The molecule has 0 aliphatic heterocycles. The molecule has 1 aromatic carbocycles. The van der Waals surface area contributed by atoms with Gasteiger partial charge in [0.1, 0.15) is 6.26 Å². The highest BCUT2D eigenvalue weighted by atomic mass is 16.3. The van der Waals surface area contributed by atoms with Crippen LogP contribution in [0.15, 0.2) is 35.1 Å². The van der Waals surface area contributed by atoms with Crippen LogP contribution in [0, 0.1) is 6.92 Å². The van der Waals surface area contributed by atoms with E-state index in [-0.39, 0.29) is 5.41 Å². The van der Waals surface area contributed by atoms with Crippen molar-refractivity contribution in [2.45, 2.75) is 33.1 Å². The monoisotopic (exact) mass is 215 g/mol. The summed E-state index contributed by atoms with van der Waals surface area (Å²) < 4.78 is 5.43. The Morgan fingerprint density at radius 2 is 1.94 bits per heavy atom. The van der Waals surface area contributed by atoms with E-state index in [1.807, 2.05) is 0 Å². The first kappa shape index (κ1) is 10.9. The molecule has 0 saturated carbocycles. The van der Waals surface area contributed by atoms with Crippen molar-refractivity contribution in [3.05, 3.63) is 41.8 Å². The Bertz CT molecular complexity index is 478. The van der Waals surface area contributed by atoms with Crippen molar-refractivity contribution in [2.75, 3.05) is 0 Å². The van der Waals surface area contributed by atoms with Crippen LogP contribution in [0.5, 0.6) is 0 Å². The van der Waals surface area contributed by atoms with Gasteiger partial charge in [-0.3, -0.25) is 0 Å². The Morgan fingerprint density at radius 3 is 2.50 bits per heavy atom. The second kappa shape index (κ2) is 3.78. The molecule has 2 rings (SSSR count). The van der Waals surface area contributed by atoms with Gasteiger partial charge in [0, 0.05) is 5.56 Å². The molecule has 1 heterocycles. The Morgan fingerprint density at radius 1 is 1.19 bits per heavy atom. The number of nitrogens with zero attached hydrogens (tertiary/aromatic N) is 1. The van der Waals surface area contributed by atoms with Gasteiger partial charge >= 0.3 is 0 Å². The molecule has 1 aromatic heterocycles. The fraction of sp³-hybridized carbons (Fsp3) is 0.357. The molecule has 0 fully saturated rings. The molecule has 0 N–H and O–H groups in total. The molecule has 84 valence electrons. The Kier molecular flexibility index (Phi) is 2.58. The molecule has 0 bridgehead atoms. The summed E-state index contributed by atoms with van der Waals surface area (Å²) in [6, 6.07) is 6.32. The summed E-state index contributed by atoms with van der Waals surface area (Å²) in [5.41, 5.74) is 3.69. The minimum atomic E-state index is 0.0931. The van der Waals surface area contributed by atoms with Crippen molar-refractivity contribution < 1.29 is 4.42 Å². The van der Waals surface area contributed by atoms with Gasteiger partial charge in [0.2, 0.25) is 5.89 Å². The van der Waals surface area contributed by atoms with E-state index in [0.717, 1.165) is 5.56 Å². The number of hydrogen-bond donors (Lipinski definition) is 0. The van der Waals surface area contributed by atoms with Gasteiger partial charge in [0.05, 0.1) is 6.20 Å². The van der Waals surface area contributed by atoms with Crippen molar-refractivity contribution in [1.82, 2.24) is 4.98 Å². The largest absolute Gasteiger partial charge is 0.445 e. The van der Waals surface area contributed by atoms with Crippen LogP contribution in [0.25, 0.3) is 11.5 Å². The van der Waals surface area contributed by atoms with Gasteiger partial charge in [-0.25, -0.2) is 4.98 Å². The Hall–Kier alpha value is -1.57. The molecule has 0 aliphatic rings. The molecular formula is C14H17NO. The van der Waals surface area contributed by atoms with Crippen molar-refractivity contribution in [1.29, 1.82) is 0 Å². The maximum Gasteiger partial charge on any atom is 0.226 e. The van der Waals surface area contributed by atoms with Gasteiger partial charge in [-0.15, -0.1) is 0 Å². The lowest BCUT2D eigenvalue weighted by Gasteiger charge is -2.22. The Balaban J connectivity index is 2.68. The topological polar surface area (TPSA) is 26.0 Å². The molecule has 0 atom stereocenters. The molecule has 0 radical (unpaired) electrons. The predicted octanol–water partition coefficient (Wildman–Crippen LogP) is 3.95. The highest BCUT2D eigenvalue weighted by Crippen LogP contribution is 2.34. The van der Waals surface area contributed by atoms with E-state index < -0.39 is 0 Å². The van der Waals surface area contributed by atoms with Crippen LogP contribution in [0.1, 0.15) is 31.9 Å². The predicted molar refractivity (Wildman–Crippen MR) is 65.4 cm³/mol. The van der Waals surface area contributed by atoms with E-state index in [9.17, 15) is 0 Å². The van der Waals surface area contributed by atoms with Crippen molar-refractivity contribution in [3.8, 4) is 11.5 Å². The van der Waals surface area contributed by atoms with Crippen molar-refractivity contribution in [2.24, 2.45) is 0 Å². The minimum absolute atomic E-state index is 0.0931. The van der Waals surface area contributed by atoms with E-state index in [0.29, 0.717) is 5.89 Å². The number of oxazole rings is 1. The van der Waals surface area contributed by atoms with Crippen molar-refractivity contribution in [3.63, 3.8) is 0 Å². The summed E-state index contributed by atoms with van der Waals surface area (Å²) in [5, 5.41) is 0. The number of benzene rings is 1. The van der Waals surface area contributed by atoms with Gasteiger partial charge in [0.25, 0.3) is 0 Å².